The van der Waals surface area contributed by atoms with Crippen molar-refractivity contribution < 1.29 is 10.2 Å². The summed E-state index contributed by atoms with van der Waals surface area (Å²) >= 11 is 0. The van der Waals surface area contributed by atoms with Crippen LogP contribution < -0.4 is 0 Å². The second-order valence-electron chi connectivity index (χ2n) is 10.0. The lowest BCUT2D eigenvalue weighted by Crippen LogP contribution is -2.51. The predicted molar refractivity (Wildman–Crippen MR) is 239 cm³/mol. The van der Waals surface area contributed by atoms with Gasteiger partial charge in [-0.15, -0.1) is 0 Å². The summed E-state index contributed by atoms with van der Waals surface area (Å²) in [4.78, 5) is 0. The van der Waals surface area contributed by atoms with Gasteiger partial charge >= 0.3 is 0 Å². The van der Waals surface area contributed by atoms with Crippen LogP contribution in [-0.2, 0) is 0 Å². The van der Waals surface area contributed by atoms with Crippen LogP contribution in [0.4, 0.5) is 0 Å². The highest BCUT2D eigenvalue weighted by molar-refractivity contribution is 5.25. The average Bonchev–Trinajstić information content (AvgIpc) is 2.91. The van der Waals surface area contributed by atoms with Crippen molar-refractivity contribution in [3.8, 4) is 0 Å². The van der Waals surface area contributed by atoms with Crippen LogP contribution in [0, 0.1) is 40.4 Å². The molecule has 0 aromatic heterocycles. The predicted octanol–water partition coefficient (Wildman–Crippen LogP) is 17.9. The first-order valence-electron chi connectivity index (χ1n) is 10.4. The molecule has 0 aliphatic heterocycles. The van der Waals surface area contributed by atoms with Gasteiger partial charge in [0.1, 0.15) is 0 Å². The summed E-state index contributed by atoms with van der Waals surface area (Å²) in [6, 6.07) is 0. The van der Waals surface area contributed by atoms with E-state index in [1.165, 1.54) is 44.9 Å². The van der Waals surface area contributed by atoms with Crippen molar-refractivity contribution in [2.45, 2.75) is 234 Å². The molecule has 4 rings (SSSR count). The Kier molecular flexibility index (Phi) is 116. The highest BCUT2D eigenvalue weighted by Crippen LogP contribution is 2.66. The second-order valence-corrected chi connectivity index (χ2v) is 10.0. The lowest BCUT2D eigenvalue weighted by Gasteiger charge is -2.58. The van der Waals surface area contributed by atoms with Crippen LogP contribution in [-0.4, -0.2) is 22.9 Å². The summed E-state index contributed by atoms with van der Waals surface area (Å²) in [5, 5.41) is 19.9. The van der Waals surface area contributed by atoms with Gasteiger partial charge in [0.15, 0.2) is 0 Å². The van der Waals surface area contributed by atoms with Crippen LogP contribution in [0.1, 0.15) is 228 Å². The Morgan fingerprint density at radius 2 is 1.04 bits per heavy atom. The smallest absolute Gasteiger partial charge is 0.0545 e. The van der Waals surface area contributed by atoms with E-state index in [-0.39, 0.29) is 162 Å². The average molecular weight is 669 g/mol. The molecule has 3 fully saturated rings. The van der Waals surface area contributed by atoms with E-state index in [1.807, 2.05) is 6.92 Å². The molecule has 0 amide bonds. The molecule has 0 spiro atoms. The van der Waals surface area contributed by atoms with E-state index in [9.17, 15) is 10.2 Å². The lowest BCUT2D eigenvalue weighted by atomic mass is 9.47. The topological polar surface area (TPSA) is 40.5 Å². The molecule has 2 nitrogen and oxygen atoms in total. The summed E-state index contributed by atoms with van der Waals surface area (Å²) in [6.07, 6.45) is 12.5. The lowest BCUT2D eigenvalue weighted by molar-refractivity contribution is -0.0650. The number of hydrogen-bond acceptors (Lipinski definition) is 2. The van der Waals surface area contributed by atoms with Crippen molar-refractivity contribution in [3.05, 3.63) is 11.6 Å². The molecule has 8 atom stereocenters. The molecule has 0 saturated heterocycles. The summed E-state index contributed by atoms with van der Waals surface area (Å²) in [5.41, 5.74) is 2.42. The van der Waals surface area contributed by atoms with Crippen molar-refractivity contribution in [2.75, 3.05) is 6.61 Å². The first-order valence-corrected chi connectivity index (χ1v) is 10.4. The Balaban J connectivity index is -0.0000000217. The highest BCUT2D eigenvalue weighted by Gasteiger charge is 2.59. The van der Waals surface area contributed by atoms with Gasteiger partial charge in [-0.05, 0) is 98.7 Å². The number of hydrogen-bond donors (Lipinski definition) is 2. The Morgan fingerprint density at radius 1 is 0.622 bits per heavy atom. The van der Waals surface area contributed by atoms with E-state index in [2.05, 4.69) is 19.9 Å². The minimum absolute atomic E-state index is 0. The Morgan fingerprint density at radius 3 is 1.42 bits per heavy atom. The zero-order valence-electron chi connectivity index (χ0n) is 15.8. The summed E-state index contributed by atoms with van der Waals surface area (Å²) in [6.45, 7) is 7.40. The van der Waals surface area contributed by atoms with Gasteiger partial charge in [0, 0.05) is 6.61 Å². The first kappa shape index (κ1) is 120. The van der Waals surface area contributed by atoms with E-state index >= 15 is 0 Å². The van der Waals surface area contributed by atoms with E-state index in [0.717, 1.165) is 24.2 Å². The number of rotatable bonds is 2. The largest absolute Gasteiger partial charge is 0.396 e. The van der Waals surface area contributed by atoms with E-state index in [0.29, 0.717) is 29.3 Å². The van der Waals surface area contributed by atoms with Crippen molar-refractivity contribution in [1.82, 2.24) is 0 Å². The zero-order valence-corrected chi connectivity index (χ0v) is 15.8. The minimum Gasteiger partial charge on any atom is -0.396 e. The normalized spacial score (nSPS) is 27.8. The molecule has 2 heteroatoms. The molecule has 4 aliphatic rings. The third-order valence-electron chi connectivity index (χ3n) is 9.12. The number of allylic oxidation sites excluding steroid dienone is 2. The fourth-order valence-corrected chi connectivity index (χ4v) is 7.73. The molecule has 0 heterocycles. The number of aliphatic hydroxyl groups is 2. The number of fused-ring (bicyclic) bond motifs is 5. The van der Waals surface area contributed by atoms with Gasteiger partial charge in [-0.25, -0.2) is 0 Å². The number of aliphatic hydroxyl groups excluding tert-OH is 2. The Labute approximate surface area is 302 Å². The maximum absolute atomic E-state index is 10.3. The first-order chi connectivity index (χ1) is 11.4. The zero-order chi connectivity index (χ0) is 17.1. The molecule has 8 unspecified atom stereocenters. The molecular formula is C43H120O2. The fraction of sp³-hybridized carbons (Fsp3) is 0.953. The van der Waals surface area contributed by atoms with Crippen LogP contribution in [0.2, 0.25) is 0 Å². The molecule has 0 aromatic carbocycles. The second kappa shape index (κ2) is 43.7. The SMILES string of the molecule is C.C.C.C.C.C.C.C.C.C.C.C.C.C.C.C.C.C.C.C.C.CC(O)C1CCC2C3CC=C4CC(CO)CCC4(C)C3CCC12C. The van der Waals surface area contributed by atoms with Crippen LogP contribution in [0.15, 0.2) is 11.6 Å². The maximum Gasteiger partial charge on any atom is 0.0545 e. The molecule has 2 N–H and O–H groups in total. The molecule has 0 radical (unpaired) electrons. The van der Waals surface area contributed by atoms with Crippen LogP contribution in [0.3, 0.4) is 0 Å². The molecule has 45 heavy (non-hydrogen) atoms. The van der Waals surface area contributed by atoms with Crippen molar-refractivity contribution >= 4 is 0 Å². The van der Waals surface area contributed by atoms with Crippen molar-refractivity contribution in [3.63, 3.8) is 0 Å². The monoisotopic (exact) mass is 669 g/mol. The quantitative estimate of drug-likeness (QED) is 0.287. The van der Waals surface area contributed by atoms with Crippen LogP contribution in [0.5, 0.6) is 0 Å². The van der Waals surface area contributed by atoms with E-state index in [4.69, 9.17) is 0 Å². The van der Waals surface area contributed by atoms with Crippen LogP contribution >= 0.6 is 0 Å². The third-order valence-corrected chi connectivity index (χ3v) is 9.12. The molecule has 304 valence electrons. The standard InChI is InChI=1S/C22H36O2.21CH4/c1-14(24)18-6-7-19-17-5-4-16-12-15(13-23)8-10-21(16,2)20(17)9-11-22(18,19)3;;;;;;;;;;;;;;;;;;;;;/h4,14-15,17-20,23-24H,5-13H2,1-3H3;21*1H4. The van der Waals surface area contributed by atoms with E-state index in [1.54, 1.807) is 5.57 Å². The fourth-order valence-electron chi connectivity index (χ4n) is 7.73. The van der Waals surface area contributed by atoms with Gasteiger partial charge in [0.25, 0.3) is 0 Å². The molecule has 0 bridgehead atoms. The summed E-state index contributed by atoms with van der Waals surface area (Å²) < 4.78 is 0. The van der Waals surface area contributed by atoms with Gasteiger partial charge < -0.3 is 10.2 Å². The highest BCUT2D eigenvalue weighted by atomic mass is 16.3. The molecule has 0 aromatic rings. The van der Waals surface area contributed by atoms with Crippen molar-refractivity contribution in [1.29, 1.82) is 0 Å². The van der Waals surface area contributed by atoms with Gasteiger partial charge in [0.05, 0.1) is 6.10 Å². The van der Waals surface area contributed by atoms with Gasteiger partial charge in [-0.2, -0.15) is 0 Å². The minimum atomic E-state index is -0.151. The van der Waals surface area contributed by atoms with Gasteiger partial charge in [-0.3, -0.25) is 0 Å². The Bertz CT molecular complexity index is 526. The maximum atomic E-state index is 10.3. The van der Waals surface area contributed by atoms with Crippen LogP contribution in [0.25, 0.3) is 0 Å². The molecular weight excluding hydrogens is 548 g/mol. The molecule has 4 aliphatic carbocycles. The molecule has 3 saturated carbocycles. The summed E-state index contributed by atoms with van der Waals surface area (Å²) in [7, 11) is 0. The Hall–Kier alpha value is -0.340. The van der Waals surface area contributed by atoms with Crippen molar-refractivity contribution in [2.24, 2.45) is 40.4 Å². The third kappa shape index (κ3) is 18.7. The van der Waals surface area contributed by atoms with Gasteiger partial charge in [-0.1, -0.05) is 181 Å². The van der Waals surface area contributed by atoms with E-state index < -0.39 is 0 Å². The summed E-state index contributed by atoms with van der Waals surface area (Å²) in [5.74, 6) is 3.48. The van der Waals surface area contributed by atoms with Gasteiger partial charge in [0.2, 0.25) is 0 Å².